The maximum atomic E-state index is 13.6. The van der Waals surface area contributed by atoms with Gasteiger partial charge in [-0.1, -0.05) is 13.8 Å². The summed E-state index contributed by atoms with van der Waals surface area (Å²) in [7, 11) is 1.66. The number of hydrogen-bond donors (Lipinski definition) is 1. The van der Waals surface area contributed by atoms with Crippen LogP contribution in [0.1, 0.15) is 57.7 Å². The summed E-state index contributed by atoms with van der Waals surface area (Å²) < 4.78 is 1.83. The molecule has 0 aliphatic carbocycles. The lowest BCUT2D eigenvalue weighted by Crippen LogP contribution is -2.51. The third-order valence-corrected chi connectivity index (χ3v) is 7.81. The fourth-order valence-electron chi connectivity index (χ4n) is 5.30. The van der Waals surface area contributed by atoms with Crippen molar-refractivity contribution in [3.63, 3.8) is 0 Å². The van der Waals surface area contributed by atoms with Crippen LogP contribution in [0.15, 0.2) is 18.5 Å². The molecule has 2 aliphatic rings. The average molecular weight is 569 g/mol. The Morgan fingerprint density at radius 2 is 1.76 bits per heavy atom. The molecule has 2 aromatic rings. The molecular weight excluding hydrogens is 524 g/mol. The number of anilines is 1. The summed E-state index contributed by atoms with van der Waals surface area (Å²) in [5.74, 6) is 2.00. The van der Waals surface area contributed by atoms with E-state index in [0.29, 0.717) is 62.5 Å². The van der Waals surface area contributed by atoms with Crippen molar-refractivity contribution < 1.29 is 14.4 Å². The van der Waals surface area contributed by atoms with Crippen LogP contribution in [-0.2, 0) is 20.9 Å². The smallest absolute Gasteiger partial charge is 0.243 e. The third kappa shape index (κ3) is 7.99. The van der Waals surface area contributed by atoms with Gasteiger partial charge in [0.15, 0.2) is 0 Å². The summed E-state index contributed by atoms with van der Waals surface area (Å²) in [4.78, 5) is 60.6. The van der Waals surface area contributed by atoms with Gasteiger partial charge < -0.3 is 20.0 Å². The Hall–Kier alpha value is -3.61. The van der Waals surface area contributed by atoms with E-state index in [-0.39, 0.29) is 30.2 Å². The maximum absolute atomic E-state index is 13.6. The molecular formula is C28H44N10O3. The number of nitrogens with one attached hydrogen (secondary N) is 1. The van der Waals surface area contributed by atoms with Crippen LogP contribution in [0.5, 0.6) is 0 Å². The van der Waals surface area contributed by atoms with Crippen molar-refractivity contribution >= 4 is 23.7 Å². The van der Waals surface area contributed by atoms with Gasteiger partial charge in [0.05, 0.1) is 19.1 Å². The zero-order chi connectivity index (χ0) is 29.5. The largest absolute Gasteiger partial charge is 0.344 e. The molecule has 13 heteroatoms. The summed E-state index contributed by atoms with van der Waals surface area (Å²) in [6.07, 6.45) is 4.93. The molecule has 41 heavy (non-hydrogen) atoms. The SMILES string of the molecule is Cc1nc2n(n1)CCN(C(=O)CN1CCN(c3ncccn3)CC1)CCCC(=O)N(C)[C@@H](C)C(=O)N[C@@H]2CC(C)C. The molecule has 2 atom stereocenters. The number of likely N-dealkylation sites (N-methyl/N-ethyl adjacent to an activating group) is 1. The van der Waals surface area contributed by atoms with Gasteiger partial charge in [-0.2, -0.15) is 5.10 Å². The zero-order valence-corrected chi connectivity index (χ0v) is 25.0. The van der Waals surface area contributed by atoms with E-state index in [1.165, 1.54) is 4.90 Å². The van der Waals surface area contributed by atoms with Gasteiger partial charge >= 0.3 is 0 Å². The standard InChI is InChI=1S/C28H44N10O3/c1-20(2)18-23-26-31-22(4)33-38(26)17-16-36(11-6-8-24(39)34(5)21(3)27(41)32-23)25(40)19-35-12-14-37(15-13-35)28-29-9-7-10-30-28/h7,9-10,20-21,23H,6,8,11-19H2,1-5H3,(H,32,41)/t21-,23+/m0/s1. The molecule has 4 rings (SSSR count). The fraction of sp³-hybridized carbons (Fsp3) is 0.679. The summed E-state index contributed by atoms with van der Waals surface area (Å²) >= 11 is 0. The van der Waals surface area contributed by atoms with E-state index in [4.69, 9.17) is 0 Å². The number of rotatable bonds is 5. The number of aromatic nitrogens is 5. The Kier molecular flexibility index (Phi) is 10.2. The molecule has 2 aromatic heterocycles. The van der Waals surface area contributed by atoms with Crippen molar-refractivity contribution in [2.45, 2.75) is 65.6 Å². The molecule has 0 radical (unpaired) electrons. The molecule has 0 aromatic carbocycles. The number of carbonyl (C=O) groups excluding carboxylic acids is 3. The van der Waals surface area contributed by atoms with Crippen LogP contribution in [-0.4, -0.2) is 116 Å². The van der Waals surface area contributed by atoms with Gasteiger partial charge in [0, 0.05) is 65.1 Å². The number of piperazine rings is 1. The summed E-state index contributed by atoms with van der Waals surface area (Å²) in [5.41, 5.74) is 0. The quantitative estimate of drug-likeness (QED) is 0.558. The second kappa shape index (κ2) is 13.8. The lowest BCUT2D eigenvalue weighted by atomic mass is 10.0. The number of fused-ring (bicyclic) bond motifs is 1. The van der Waals surface area contributed by atoms with Crippen LogP contribution >= 0.6 is 0 Å². The minimum atomic E-state index is -0.629. The minimum absolute atomic E-state index is 0.0288. The molecule has 1 saturated heterocycles. The van der Waals surface area contributed by atoms with Crippen LogP contribution < -0.4 is 10.2 Å². The van der Waals surface area contributed by atoms with Crippen molar-refractivity contribution in [3.05, 3.63) is 30.1 Å². The molecule has 224 valence electrons. The highest BCUT2D eigenvalue weighted by atomic mass is 16.2. The van der Waals surface area contributed by atoms with Crippen molar-refractivity contribution in [2.75, 3.05) is 57.8 Å². The molecule has 0 saturated carbocycles. The highest BCUT2D eigenvalue weighted by Crippen LogP contribution is 2.21. The molecule has 4 heterocycles. The minimum Gasteiger partial charge on any atom is -0.344 e. The summed E-state index contributed by atoms with van der Waals surface area (Å²) in [5, 5.41) is 7.74. The first-order valence-corrected chi connectivity index (χ1v) is 14.6. The Morgan fingerprint density at radius 3 is 2.44 bits per heavy atom. The van der Waals surface area contributed by atoms with Crippen LogP contribution in [0.25, 0.3) is 0 Å². The Morgan fingerprint density at radius 1 is 1.05 bits per heavy atom. The second-order valence-corrected chi connectivity index (χ2v) is 11.4. The van der Waals surface area contributed by atoms with Crippen molar-refractivity contribution in [1.29, 1.82) is 0 Å². The molecule has 13 nitrogen and oxygen atoms in total. The lowest BCUT2D eigenvalue weighted by Gasteiger charge is -2.35. The van der Waals surface area contributed by atoms with Crippen molar-refractivity contribution in [2.24, 2.45) is 5.92 Å². The molecule has 1 fully saturated rings. The first-order valence-electron chi connectivity index (χ1n) is 14.6. The zero-order valence-electron chi connectivity index (χ0n) is 25.0. The van der Waals surface area contributed by atoms with Gasteiger partial charge in [-0.25, -0.2) is 19.6 Å². The summed E-state index contributed by atoms with van der Waals surface area (Å²) in [6, 6.07) is 0.817. The topological polar surface area (TPSA) is 133 Å². The number of hydrogen-bond acceptors (Lipinski definition) is 9. The van der Waals surface area contributed by atoms with Gasteiger partial charge in [0.2, 0.25) is 23.7 Å². The van der Waals surface area contributed by atoms with Gasteiger partial charge in [0.1, 0.15) is 17.7 Å². The van der Waals surface area contributed by atoms with E-state index in [9.17, 15) is 14.4 Å². The normalized spacial score (nSPS) is 22.0. The van der Waals surface area contributed by atoms with Crippen LogP contribution in [0, 0.1) is 12.8 Å². The van der Waals surface area contributed by atoms with E-state index in [0.717, 1.165) is 26.2 Å². The third-order valence-electron chi connectivity index (χ3n) is 7.81. The van der Waals surface area contributed by atoms with E-state index in [1.54, 1.807) is 32.4 Å². The number of carbonyl (C=O) groups is 3. The average Bonchev–Trinajstić information content (AvgIpc) is 3.33. The monoisotopic (exact) mass is 568 g/mol. The van der Waals surface area contributed by atoms with E-state index < -0.39 is 6.04 Å². The second-order valence-electron chi connectivity index (χ2n) is 11.4. The van der Waals surface area contributed by atoms with Gasteiger partial charge in [-0.3, -0.25) is 19.3 Å². The maximum Gasteiger partial charge on any atom is 0.243 e. The molecule has 1 N–H and O–H groups in total. The first kappa shape index (κ1) is 30.4. The number of nitrogens with zero attached hydrogens (tertiary/aromatic N) is 9. The highest BCUT2D eigenvalue weighted by Gasteiger charge is 2.29. The van der Waals surface area contributed by atoms with Crippen molar-refractivity contribution in [1.82, 2.24) is 44.7 Å². The van der Waals surface area contributed by atoms with E-state index in [1.807, 2.05) is 16.5 Å². The summed E-state index contributed by atoms with van der Waals surface area (Å²) in [6.45, 7) is 12.4. The van der Waals surface area contributed by atoms with E-state index >= 15 is 0 Å². The van der Waals surface area contributed by atoms with Gasteiger partial charge in [-0.15, -0.1) is 0 Å². The van der Waals surface area contributed by atoms with Crippen LogP contribution in [0.2, 0.25) is 0 Å². The predicted molar refractivity (Wildman–Crippen MR) is 154 cm³/mol. The number of aryl methyl sites for hydroxylation is 1. The van der Waals surface area contributed by atoms with Crippen molar-refractivity contribution in [3.8, 4) is 0 Å². The number of amides is 3. The molecule has 0 bridgehead atoms. The Bertz CT molecular complexity index is 1180. The molecule has 0 spiro atoms. The van der Waals surface area contributed by atoms with Gasteiger partial charge in [-0.05, 0) is 38.7 Å². The van der Waals surface area contributed by atoms with Crippen LogP contribution in [0.3, 0.4) is 0 Å². The fourth-order valence-corrected chi connectivity index (χ4v) is 5.30. The van der Waals surface area contributed by atoms with E-state index in [2.05, 4.69) is 49.0 Å². The first-order chi connectivity index (χ1) is 19.6. The Balaban J connectivity index is 1.48. The highest BCUT2D eigenvalue weighted by molar-refractivity contribution is 5.87. The van der Waals surface area contributed by atoms with Gasteiger partial charge in [0.25, 0.3) is 0 Å². The molecule has 2 aliphatic heterocycles. The Labute approximate surface area is 242 Å². The van der Waals surface area contributed by atoms with Crippen LogP contribution in [0.4, 0.5) is 5.95 Å². The predicted octanol–water partition coefficient (Wildman–Crippen LogP) is 0.871. The lowest BCUT2D eigenvalue weighted by molar-refractivity contribution is -0.139. The molecule has 3 amide bonds. The molecule has 0 unspecified atom stereocenters.